The van der Waals surface area contributed by atoms with Crippen LogP contribution in [0.4, 0.5) is 0 Å². The summed E-state index contributed by atoms with van der Waals surface area (Å²) in [6.07, 6.45) is 7.99. The van der Waals surface area contributed by atoms with Crippen LogP contribution in [-0.4, -0.2) is 47.1 Å². The number of pyridine rings is 1. The number of carbonyl (C=O) groups is 1. The Kier molecular flexibility index (Phi) is 3.37. The maximum absolute atomic E-state index is 12.8. The second-order valence-electron chi connectivity index (χ2n) is 6.59. The molecular formula is C17H21N3O2. The van der Waals surface area contributed by atoms with Gasteiger partial charge >= 0.3 is 0 Å². The molecule has 4 heterocycles. The molecule has 5 heteroatoms. The van der Waals surface area contributed by atoms with E-state index in [2.05, 4.69) is 9.97 Å². The van der Waals surface area contributed by atoms with Gasteiger partial charge in [0, 0.05) is 49.6 Å². The smallest absolute Gasteiger partial charge is 0.270 e. The highest BCUT2D eigenvalue weighted by Crippen LogP contribution is 2.39. The van der Waals surface area contributed by atoms with E-state index in [1.54, 1.807) is 12.4 Å². The van der Waals surface area contributed by atoms with Gasteiger partial charge in [-0.2, -0.15) is 0 Å². The molecule has 0 saturated carbocycles. The highest BCUT2D eigenvalue weighted by molar-refractivity contribution is 5.97. The largest absolute Gasteiger partial charge is 0.381 e. The minimum Gasteiger partial charge on any atom is -0.381 e. The van der Waals surface area contributed by atoms with Crippen LogP contribution in [0.15, 0.2) is 24.5 Å². The Morgan fingerprint density at radius 2 is 2.18 bits per heavy atom. The first-order valence-electron chi connectivity index (χ1n) is 8.06. The van der Waals surface area contributed by atoms with E-state index in [0.29, 0.717) is 5.69 Å². The van der Waals surface area contributed by atoms with E-state index in [1.165, 1.54) is 6.42 Å². The number of aromatic nitrogens is 2. The lowest BCUT2D eigenvalue weighted by molar-refractivity contribution is -0.0230. The van der Waals surface area contributed by atoms with E-state index in [-0.39, 0.29) is 11.3 Å². The van der Waals surface area contributed by atoms with Crippen LogP contribution < -0.4 is 0 Å². The molecule has 0 bridgehead atoms. The fourth-order valence-electron chi connectivity index (χ4n) is 3.85. The Labute approximate surface area is 129 Å². The van der Waals surface area contributed by atoms with E-state index < -0.39 is 0 Å². The Hall–Kier alpha value is -1.88. The van der Waals surface area contributed by atoms with Crippen molar-refractivity contribution < 1.29 is 9.53 Å². The lowest BCUT2D eigenvalue weighted by Crippen LogP contribution is -2.48. The third-order valence-corrected chi connectivity index (χ3v) is 5.15. The number of likely N-dealkylation sites (tertiary alicyclic amines) is 1. The number of aromatic amines is 1. The molecule has 2 aliphatic heterocycles. The van der Waals surface area contributed by atoms with Gasteiger partial charge in [-0.1, -0.05) is 0 Å². The Morgan fingerprint density at radius 1 is 1.32 bits per heavy atom. The van der Waals surface area contributed by atoms with Crippen LogP contribution in [0.25, 0.3) is 10.9 Å². The lowest BCUT2D eigenvalue weighted by atomic mass is 9.74. The Balaban J connectivity index is 1.56. The first kappa shape index (κ1) is 13.8. The summed E-state index contributed by atoms with van der Waals surface area (Å²) in [5, 5.41) is 0.989. The number of amides is 1. The molecule has 0 unspecified atom stereocenters. The molecule has 0 radical (unpaired) electrons. The third kappa shape index (κ3) is 2.39. The zero-order valence-electron chi connectivity index (χ0n) is 12.7. The van der Waals surface area contributed by atoms with Crippen molar-refractivity contribution in [2.45, 2.75) is 25.7 Å². The number of ether oxygens (including phenoxy) is 1. The minimum absolute atomic E-state index is 0.113. The maximum Gasteiger partial charge on any atom is 0.270 e. The molecule has 5 nitrogen and oxygen atoms in total. The summed E-state index contributed by atoms with van der Waals surface area (Å²) in [4.78, 5) is 22.2. The molecule has 4 rings (SSSR count). The van der Waals surface area contributed by atoms with E-state index >= 15 is 0 Å². The molecule has 1 N–H and O–H groups in total. The second-order valence-corrected chi connectivity index (χ2v) is 6.59. The van der Waals surface area contributed by atoms with Crippen LogP contribution in [0.5, 0.6) is 0 Å². The molecule has 2 aliphatic rings. The molecule has 1 amide bonds. The fraction of sp³-hybridized carbons (Fsp3) is 0.529. The maximum atomic E-state index is 12.8. The number of H-pyrrole nitrogens is 1. The van der Waals surface area contributed by atoms with Gasteiger partial charge in [-0.15, -0.1) is 0 Å². The minimum atomic E-state index is 0.113. The van der Waals surface area contributed by atoms with Gasteiger partial charge in [0.2, 0.25) is 0 Å². The first-order valence-corrected chi connectivity index (χ1v) is 8.06. The summed E-state index contributed by atoms with van der Waals surface area (Å²) in [6.45, 7) is 3.39. The number of nitrogens with one attached hydrogen (secondary N) is 1. The zero-order chi connectivity index (χ0) is 15.0. The second kappa shape index (κ2) is 5.39. The molecule has 0 aromatic carbocycles. The molecule has 116 valence electrons. The van der Waals surface area contributed by atoms with Crippen molar-refractivity contribution in [3.05, 3.63) is 30.2 Å². The van der Waals surface area contributed by atoms with Gasteiger partial charge in [0.1, 0.15) is 5.69 Å². The van der Waals surface area contributed by atoms with Gasteiger partial charge in [0.15, 0.2) is 0 Å². The average Bonchev–Trinajstić information content (AvgIpc) is 2.99. The molecule has 2 aromatic rings. The predicted molar refractivity (Wildman–Crippen MR) is 83.7 cm³/mol. The zero-order valence-corrected chi connectivity index (χ0v) is 12.7. The standard InChI is InChI=1S/C17H21N3O2/c21-16(15-10-13-11-18-6-2-14(13)19-15)20-7-1-3-17(12-20)4-8-22-9-5-17/h2,6,10-11,19H,1,3-5,7-9,12H2. The van der Waals surface area contributed by atoms with Crippen LogP contribution in [0.3, 0.4) is 0 Å². The van der Waals surface area contributed by atoms with Crippen molar-refractivity contribution in [1.29, 1.82) is 0 Å². The van der Waals surface area contributed by atoms with Crippen molar-refractivity contribution >= 4 is 16.8 Å². The SMILES string of the molecule is O=C(c1cc2cnccc2[nH]1)N1CCCC2(CCOCC2)C1. The summed E-state index contributed by atoms with van der Waals surface area (Å²) in [5.41, 5.74) is 1.92. The number of nitrogens with zero attached hydrogens (tertiary/aromatic N) is 2. The van der Waals surface area contributed by atoms with Crippen molar-refractivity contribution in [3.63, 3.8) is 0 Å². The van der Waals surface area contributed by atoms with Gasteiger partial charge in [-0.25, -0.2) is 0 Å². The number of hydrogen-bond acceptors (Lipinski definition) is 3. The van der Waals surface area contributed by atoms with E-state index in [0.717, 1.165) is 56.5 Å². The van der Waals surface area contributed by atoms with Crippen LogP contribution in [0.1, 0.15) is 36.2 Å². The van der Waals surface area contributed by atoms with E-state index in [9.17, 15) is 4.79 Å². The van der Waals surface area contributed by atoms with Crippen molar-refractivity contribution in [2.75, 3.05) is 26.3 Å². The predicted octanol–water partition coefficient (Wildman–Crippen LogP) is 2.60. The van der Waals surface area contributed by atoms with E-state index in [4.69, 9.17) is 4.74 Å². The summed E-state index contributed by atoms with van der Waals surface area (Å²) in [7, 11) is 0. The number of fused-ring (bicyclic) bond motifs is 1. The van der Waals surface area contributed by atoms with Crippen molar-refractivity contribution in [3.8, 4) is 0 Å². The Morgan fingerprint density at radius 3 is 3.00 bits per heavy atom. The number of hydrogen-bond donors (Lipinski definition) is 1. The van der Waals surface area contributed by atoms with Crippen molar-refractivity contribution in [2.24, 2.45) is 5.41 Å². The third-order valence-electron chi connectivity index (χ3n) is 5.15. The summed E-state index contributed by atoms with van der Waals surface area (Å²) < 4.78 is 5.50. The van der Waals surface area contributed by atoms with Crippen molar-refractivity contribution in [1.82, 2.24) is 14.9 Å². The molecule has 0 aliphatic carbocycles. The van der Waals surface area contributed by atoms with Gasteiger partial charge in [0.05, 0.1) is 0 Å². The number of piperidine rings is 1. The molecule has 22 heavy (non-hydrogen) atoms. The molecule has 2 aromatic heterocycles. The van der Waals surface area contributed by atoms with Gasteiger partial charge < -0.3 is 14.6 Å². The van der Waals surface area contributed by atoms with Crippen LogP contribution >= 0.6 is 0 Å². The highest BCUT2D eigenvalue weighted by atomic mass is 16.5. The van der Waals surface area contributed by atoms with Gasteiger partial charge in [-0.05, 0) is 43.2 Å². The quantitative estimate of drug-likeness (QED) is 0.880. The summed E-state index contributed by atoms with van der Waals surface area (Å²) >= 11 is 0. The van der Waals surface area contributed by atoms with Gasteiger partial charge in [0.25, 0.3) is 5.91 Å². The van der Waals surface area contributed by atoms with Crippen LogP contribution in [0, 0.1) is 5.41 Å². The summed E-state index contributed by atoms with van der Waals surface area (Å²) in [6, 6.07) is 3.82. The lowest BCUT2D eigenvalue weighted by Gasteiger charge is -2.45. The van der Waals surface area contributed by atoms with E-state index in [1.807, 2.05) is 17.0 Å². The monoisotopic (exact) mass is 299 g/mol. The number of rotatable bonds is 1. The fourth-order valence-corrected chi connectivity index (χ4v) is 3.85. The molecule has 2 fully saturated rings. The highest BCUT2D eigenvalue weighted by Gasteiger charge is 2.38. The molecule has 0 atom stereocenters. The summed E-state index contributed by atoms with van der Waals surface area (Å²) in [5.74, 6) is 0.113. The average molecular weight is 299 g/mol. The molecule has 2 saturated heterocycles. The van der Waals surface area contributed by atoms with Gasteiger partial charge in [-0.3, -0.25) is 9.78 Å². The molecular weight excluding hydrogens is 278 g/mol. The first-order chi connectivity index (χ1) is 10.8. The molecule has 1 spiro atoms. The number of carbonyl (C=O) groups excluding carboxylic acids is 1. The Bertz CT molecular complexity index is 650. The normalized spacial score (nSPS) is 21.4. The topological polar surface area (TPSA) is 58.2 Å². The van der Waals surface area contributed by atoms with Crippen LogP contribution in [-0.2, 0) is 4.74 Å². The van der Waals surface area contributed by atoms with Crippen LogP contribution in [0.2, 0.25) is 0 Å².